The summed E-state index contributed by atoms with van der Waals surface area (Å²) in [6.07, 6.45) is 0. The number of hydrogen-bond donors (Lipinski definition) is 1. The summed E-state index contributed by atoms with van der Waals surface area (Å²) in [5, 5.41) is 13.8. The Labute approximate surface area is 98.5 Å². The molecule has 0 amide bonds. The van der Waals surface area contributed by atoms with Gasteiger partial charge in [-0.3, -0.25) is 10.1 Å². The molecule has 0 radical (unpaired) electrons. The van der Waals surface area contributed by atoms with Gasteiger partial charge in [0.1, 0.15) is 5.02 Å². The second kappa shape index (κ2) is 5.67. The Kier molecular flexibility index (Phi) is 4.52. The fourth-order valence-corrected chi connectivity index (χ4v) is 1.52. The first-order valence-electron chi connectivity index (χ1n) is 4.73. The number of halogens is 1. The van der Waals surface area contributed by atoms with E-state index in [1.165, 1.54) is 6.07 Å². The molecule has 6 heteroatoms. The normalized spacial score (nSPS) is 10.2. The summed E-state index contributed by atoms with van der Waals surface area (Å²) < 4.78 is 4.89. The van der Waals surface area contributed by atoms with Crippen LogP contribution in [0, 0.1) is 17.0 Å². The lowest BCUT2D eigenvalue weighted by atomic mass is 10.2. The summed E-state index contributed by atoms with van der Waals surface area (Å²) >= 11 is 5.80. The van der Waals surface area contributed by atoms with Gasteiger partial charge in [-0.05, 0) is 18.6 Å². The molecule has 1 aromatic rings. The second-order valence-corrected chi connectivity index (χ2v) is 3.70. The maximum atomic E-state index is 10.6. The van der Waals surface area contributed by atoms with E-state index in [9.17, 15) is 10.1 Å². The monoisotopic (exact) mass is 244 g/mol. The predicted octanol–water partition coefficient (Wildman–Crippen LogP) is 2.61. The van der Waals surface area contributed by atoms with Gasteiger partial charge in [0, 0.05) is 25.4 Å². The molecule has 0 saturated heterocycles. The van der Waals surface area contributed by atoms with Crippen molar-refractivity contribution < 1.29 is 9.66 Å². The molecule has 0 atom stereocenters. The van der Waals surface area contributed by atoms with E-state index in [0.29, 0.717) is 13.2 Å². The van der Waals surface area contributed by atoms with Crippen molar-refractivity contribution >= 4 is 23.0 Å². The van der Waals surface area contributed by atoms with E-state index in [4.69, 9.17) is 16.3 Å². The van der Waals surface area contributed by atoms with Gasteiger partial charge in [0.15, 0.2) is 0 Å². The second-order valence-electron chi connectivity index (χ2n) is 3.30. The summed E-state index contributed by atoms with van der Waals surface area (Å²) in [5.41, 5.74) is 1.50. The van der Waals surface area contributed by atoms with E-state index in [1.807, 2.05) is 0 Å². The van der Waals surface area contributed by atoms with Crippen molar-refractivity contribution in [1.82, 2.24) is 0 Å². The summed E-state index contributed by atoms with van der Waals surface area (Å²) in [6.45, 7) is 2.98. The van der Waals surface area contributed by atoms with Crippen molar-refractivity contribution in [2.75, 3.05) is 25.6 Å². The molecule has 0 aromatic heterocycles. The van der Waals surface area contributed by atoms with Gasteiger partial charge in [-0.1, -0.05) is 11.6 Å². The van der Waals surface area contributed by atoms with Crippen molar-refractivity contribution in [3.63, 3.8) is 0 Å². The number of benzene rings is 1. The van der Waals surface area contributed by atoms with Gasteiger partial charge >= 0.3 is 0 Å². The number of rotatable bonds is 5. The van der Waals surface area contributed by atoms with Gasteiger partial charge in [0.2, 0.25) is 0 Å². The van der Waals surface area contributed by atoms with Crippen LogP contribution in [0.2, 0.25) is 5.02 Å². The Morgan fingerprint density at radius 3 is 2.81 bits per heavy atom. The van der Waals surface area contributed by atoms with E-state index < -0.39 is 4.92 Å². The summed E-state index contributed by atoms with van der Waals surface area (Å²) in [6, 6.07) is 3.02. The number of nitrogens with one attached hydrogen (secondary N) is 1. The minimum atomic E-state index is -0.492. The van der Waals surface area contributed by atoms with Crippen LogP contribution in [0.25, 0.3) is 0 Å². The van der Waals surface area contributed by atoms with Crippen molar-refractivity contribution in [2.45, 2.75) is 6.92 Å². The molecule has 1 N–H and O–H groups in total. The number of aryl methyl sites for hydroxylation is 1. The lowest BCUT2D eigenvalue weighted by molar-refractivity contribution is -0.384. The van der Waals surface area contributed by atoms with E-state index in [-0.39, 0.29) is 10.7 Å². The van der Waals surface area contributed by atoms with E-state index >= 15 is 0 Å². The zero-order valence-electron chi connectivity index (χ0n) is 9.12. The first kappa shape index (κ1) is 12.7. The average Bonchev–Trinajstić information content (AvgIpc) is 2.22. The Morgan fingerprint density at radius 1 is 1.56 bits per heavy atom. The van der Waals surface area contributed by atoms with Gasteiger partial charge in [0.05, 0.1) is 11.5 Å². The van der Waals surface area contributed by atoms with Crippen LogP contribution in [0.3, 0.4) is 0 Å². The minimum Gasteiger partial charge on any atom is -0.383 e. The van der Waals surface area contributed by atoms with Crippen LogP contribution in [0.1, 0.15) is 5.56 Å². The molecule has 0 aliphatic heterocycles. The molecule has 1 rings (SSSR count). The van der Waals surface area contributed by atoms with Gasteiger partial charge in [-0.25, -0.2) is 0 Å². The van der Waals surface area contributed by atoms with Gasteiger partial charge in [-0.15, -0.1) is 0 Å². The molecule has 88 valence electrons. The highest BCUT2D eigenvalue weighted by Crippen LogP contribution is 2.30. The van der Waals surface area contributed by atoms with Crippen LogP contribution in [-0.4, -0.2) is 25.2 Å². The number of ether oxygens (including phenoxy) is 1. The summed E-state index contributed by atoms with van der Waals surface area (Å²) in [4.78, 5) is 10.1. The molecule has 0 saturated carbocycles. The number of nitro benzene ring substituents is 1. The third-order valence-corrected chi connectivity index (χ3v) is 2.41. The first-order valence-corrected chi connectivity index (χ1v) is 5.11. The van der Waals surface area contributed by atoms with Crippen molar-refractivity contribution in [3.8, 4) is 0 Å². The number of hydrogen-bond acceptors (Lipinski definition) is 4. The van der Waals surface area contributed by atoms with Crippen LogP contribution in [0.4, 0.5) is 11.4 Å². The van der Waals surface area contributed by atoms with Crippen molar-refractivity contribution in [1.29, 1.82) is 0 Å². The highest BCUT2D eigenvalue weighted by atomic mass is 35.5. The van der Waals surface area contributed by atoms with Crippen LogP contribution in [0.5, 0.6) is 0 Å². The molecule has 0 aliphatic rings. The molecule has 1 aromatic carbocycles. The smallest absolute Gasteiger partial charge is 0.288 e. The number of methoxy groups -OCH3 is 1. The lowest BCUT2D eigenvalue weighted by Gasteiger charge is -2.09. The molecular formula is C10H13ClN2O3. The molecule has 0 bridgehead atoms. The van der Waals surface area contributed by atoms with Crippen LogP contribution in [-0.2, 0) is 4.74 Å². The van der Waals surface area contributed by atoms with E-state index in [0.717, 1.165) is 11.3 Å². The first-order chi connectivity index (χ1) is 7.56. The molecule has 0 aliphatic carbocycles. The Hall–Kier alpha value is -1.33. The highest BCUT2D eigenvalue weighted by molar-refractivity contribution is 6.33. The average molecular weight is 245 g/mol. The van der Waals surface area contributed by atoms with E-state index in [2.05, 4.69) is 5.32 Å². The quantitative estimate of drug-likeness (QED) is 0.491. The molecule has 5 nitrogen and oxygen atoms in total. The molecular weight excluding hydrogens is 232 g/mol. The maximum absolute atomic E-state index is 10.6. The maximum Gasteiger partial charge on any atom is 0.288 e. The zero-order chi connectivity index (χ0) is 12.1. The van der Waals surface area contributed by atoms with Crippen molar-refractivity contribution in [3.05, 3.63) is 32.8 Å². The number of nitro groups is 1. The topological polar surface area (TPSA) is 64.4 Å². The van der Waals surface area contributed by atoms with Gasteiger partial charge in [0.25, 0.3) is 5.69 Å². The van der Waals surface area contributed by atoms with Gasteiger partial charge in [-0.2, -0.15) is 0 Å². The van der Waals surface area contributed by atoms with Crippen LogP contribution < -0.4 is 5.32 Å². The van der Waals surface area contributed by atoms with Crippen molar-refractivity contribution in [2.24, 2.45) is 0 Å². The SMILES string of the molecule is COCCNc1cc(Cl)c([N+](=O)[O-])cc1C. The van der Waals surface area contributed by atoms with Gasteiger partial charge < -0.3 is 10.1 Å². The fourth-order valence-electron chi connectivity index (χ4n) is 1.28. The van der Waals surface area contributed by atoms with E-state index in [1.54, 1.807) is 20.1 Å². The number of anilines is 1. The fraction of sp³-hybridized carbons (Fsp3) is 0.400. The summed E-state index contributed by atoms with van der Waals surface area (Å²) in [7, 11) is 1.61. The zero-order valence-corrected chi connectivity index (χ0v) is 9.87. The highest BCUT2D eigenvalue weighted by Gasteiger charge is 2.14. The molecule has 0 unspecified atom stereocenters. The molecule has 0 heterocycles. The Morgan fingerprint density at radius 2 is 2.25 bits per heavy atom. The lowest BCUT2D eigenvalue weighted by Crippen LogP contribution is -2.08. The molecule has 0 fully saturated rings. The largest absolute Gasteiger partial charge is 0.383 e. The minimum absolute atomic E-state index is 0.0727. The third-order valence-electron chi connectivity index (χ3n) is 2.11. The van der Waals surface area contributed by atoms with Crippen LogP contribution in [0.15, 0.2) is 12.1 Å². The Bertz CT molecular complexity index is 396. The predicted molar refractivity (Wildman–Crippen MR) is 63.2 cm³/mol. The number of nitrogens with zero attached hydrogens (tertiary/aromatic N) is 1. The molecule has 16 heavy (non-hydrogen) atoms. The third kappa shape index (κ3) is 3.08. The standard InChI is InChI=1S/C10H13ClN2O3/c1-7-5-10(13(14)15)8(11)6-9(7)12-3-4-16-2/h5-6,12H,3-4H2,1-2H3. The molecule has 0 spiro atoms. The summed E-state index contributed by atoms with van der Waals surface area (Å²) in [5.74, 6) is 0. The Balaban J connectivity index is 2.88. The van der Waals surface area contributed by atoms with Crippen LogP contribution >= 0.6 is 11.6 Å².